The van der Waals surface area contributed by atoms with Crippen LogP contribution in [0.25, 0.3) is 0 Å². The Bertz CT molecular complexity index is 435. The van der Waals surface area contributed by atoms with E-state index in [0.717, 1.165) is 44.8 Å². The van der Waals surface area contributed by atoms with Crippen LogP contribution in [-0.4, -0.2) is 38.6 Å². The van der Waals surface area contributed by atoms with Gasteiger partial charge in [0.1, 0.15) is 0 Å². The number of nitrogens with one attached hydrogen (secondary N) is 1. The quantitative estimate of drug-likeness (QED) is 0.876. The molecule has 0 atom stereocenters. The van der Waals surface area contributed by atoms with E-state index in [2.05, 4.69) is 34.5 Å². The van der Waals surface area contributed by atoms with Crippen LogP contribution in [0.2, 0.25) is 0 Å². The van der Waals surface area contributed by atoms with Gasteiger partial charge in [0.25, 0.3) is 0 Å². The van der Waals surface area contributed by atoms with Crippen molar-refractivity contribution in [2.75, 3.05) is 42.5 Å². The molecule has 1 N–H and O–H groups in total. The van der Waals surface area contributed by atoms with Crippen molar-refractivity contribution in [3.63, 3.8) is 0 Å². The van der Waals surface area contributed by atoms with Gasteiger partial charge in [0.15, 0.2) is 0 Å². The molecule has 1 aromatic carbocycles. The summed E-state index contributed by atoms with van der Waals surface area (Å²) >= 11 is 0. The van der Waals surface area contributed by atoms with Gasteiger partial charge in [-0.3, -0.25) is 4.79 Å². The van der Waals surface area contributed by atoms with E-state index in [1.54, 1.807) is 0 Å². The Morgan fingerprint density at radius 1 is 0.895 bits per heavy atom. The van der Waals surface area contributed by atoms with Crippen LogP contribution in [0, 0.1) is 0 Å². The first-order chi connectivity index (χ1) is 9.34. The molecular formula is C15H21N3O. The molecule has 2 fully saturated rings. The van der Waals surface area contributed by atoms with Gasteiger partial charge in [0, 0.05) is 44.0 Å². The SMILES string of the molecule is O=C1CCCN1c1ccc(N2CCCNCC2)cc1. The molecule has 0 unspecified atom stereocenters. The van der Waals surface area contributed by atoms with Gasteiger partial charge in [0.2, 0.25) is 5.91 Å². The fraction of sp³-hybridized carbons (Fsp3) is 0.533. The van der Waals surface area contributed by atoms with Gasteiger partial charge >= 0.3 is 0 Å². The zero-order valence-electron chi connectivity index (χ0n) is 11.3. The lowest BCUT2D eigenvalue weighted by Gasteiger charge is -2.23. The molecule has 0 saturated carbocycles. The summed E-state index contributed by atoms with van der Waals surface area (Å²) in [6.07, 6.45) is 2.87. The number of rotatable bonds is 2. The summed E-state index contributed by atoms with van der Waals surface area (Å²) in [4.78, 5) is 16.0. The van der Waals surface area contributed by atoms with Gasteiger partial charge in [0.05, 0.1) is 0 Å². The zero-order valence-corrected chi connectivity index (χ0v) is 11.3. The molecule has 3 rings (SSSR count). The van der Waals surface area contributed by atoms with Crippen LogP contribution in [0.15, 0.2) is 24.3 Å². The molecule has 0 radical (unpaired) electrons. The van der Waals surface area contributed by atoms with Gasteiger partial charge in [-0.1, -0.05) is 0 Å². The number of benzene rings is 1. The topological polar surface area (TPSA) is 35.6 Å². The van der Waals surface area contributed by atoms with Crippen molar-refractivity contribution in [3.8, 4) is 0 Å². The van der Waals surface area contributed by atoms with Crippen LogP contribution in [-0.2, 0) is 4.79 Å². The molecule has 0 bridgehead atoms. The lowest BCUT2D eigenvalue weighted by Crippen LogP contribution is -2.28. The Kier molecular flexibility index (Phi) is 3.69. The van der Waals surface area contributed by atoms with Crippen LogP contribution >= 0.6 is 0 Å². The summed E-state index contributed by atoms with van der Waals surface area (Å²) in [5.41, 5.74) is 2.30. The Balaban J connectivity index is 1.72. The second-order valence-electron chi connectivity index (χ2n) is 5.26. The Morgan fingerprint density at radius 2 is 1.68 bits per heavy atom. The normalized spacial score (nSPS) is 20.7. The number of amides is 1. The smallest absolute Gasteiger partial charge is 0.227 e. The van der Waals surface area contributed by atoms with E-state index in [-0.39, 0.29) is 5.91 Å². The fourth-order valence-corrected chi connectivity index (χ4v) is 2.87. The summed E-state index contributed by atoms with van der Waals surface area (Å²) in [6.45, 7) is 5.19. The molecule has 2 aliphatic heterocycles. The highest BCUT2D eigenvalue weighted by atomic mass is 16.2. The molecule has 2 saturated heterocycles. The van der Waals surface area contributed by atoms with Crippen molar-refractivity contribution < 1.29 is 4.79 Å². The molecule has 0 aliphatic carbocycles. The maximum Gasteiger partial charge on any atom is 0.227 e. The van der Waals surface area contributed by atoms with Crippen molar-refractivity contribution in [2.45, 2.75) is 19.3 Å². The van der Waals surface area contributed by atoms with Crippen LogP contribution in [0.4, 0.5) is 11.4 Å². The van der Waals surface area contributed by atoms with E-state index >= 15 is 0 Å². The van der Waals surface area contributed by atoms with E-state index in [9.17, 15) is 4.79 Å². The molecule has 1 aromatic rings. The van der Waals surface area contributed by atoms with E-state index in [0.29, 0.717) is 6.42 Å². The minimum atomic E-state index is 0.256. The van der Waals surface area contributed by atoms with E-state index in [1.807, 2.05) is 4.90 Å². The largest absolute Gasteiger partial charge is 0.370 e. The molecule has 4 nitrogen and oxygen atoms in total. The van der Waals surface area contributed by atoms with Crippen molar-refractivity contribution >= 4 is 17.3 Å². The first kappa shape index (κ1) is 12.5. The third-order valence-corrected chi connectivity index (χ3v) is 3.94. The predicted octanol–water partition coefficient (Wildman–Crippen LogP) is 1.61. The molecule has 2 aliphatic rings. The summed E-state index contributed by atoms with van der Waals surface area (Å²) in [7, 11) is 0. The minimum Gasteiger partial charge on any atom is -0.370 e. The van der Waals surface area contributed by atoms with Crippen LogP contribution in [0.3, 0.4) is 0 Å². The zero-order chi connectivity index (χ0) is 13.1. The van der Waals surface area contributed by atoms with E-state index in [4.69, 9.17) is 0 Å². The second kappa shape index (κ2) is 5.61. The van der Waals surface area contributed by atoms with Crippen molar-refractivity contribution in [1.82, 2.24) is 5.32 Å². The third-order valence-electron chi connectivity index (χ3n) is 3.94. The number of carbonyl (C=O) groups excluding carboxylic acids is 1. The Hall–Kier alpha value is -1.55. The van der Waals surface area contributed by atoms with Crippen molar-refractivity contribution in [3.05, 3.63) is 24.3 Å². The maximum absolute atomic E-state index is 11.7. The average molecular weight is 259 g/mol. The van der Waals surface area contributed by atoms with E-state index < -0.39 is 0 Å². The highest BCUT2D eigenvalue weighted by Crippen LogP contribution is 2.24. The number of nitrogens with zero attached hydrogens (tertiary/aromatic N) is 2. The van der Waals surface area contributed by atoms with Gasteiger partial charge in [-0.05, 0) is 43.7 Å². The van der Waals surface area contributed by atoms with Crippen molar-refractivity contribution in [1.29, 1.82) is 0 Å². The van der Waals surface area contributed by atoms with Crippen LogP contribution in [0.5, 0.6) is 0 Å². The monoisotopic (exact) mass is 259 g/mol. The fourth-order valence-electron chi connectivity index (χ4n) is 2.87. The van der Waals surface area contributed by atoms with E-state index in [1.165, 1.54) is 12.1 Å². The molecule has 0 spiro atoms. The first-order valence-electron chi connectivity index (χ1n) is 7.21. The highest BCUT2D eigenvalue weighted by Gasteiger charge is 2.21. The standard InChI is InChI=1S/C15H21N3O/c19-15-3-1-11-18(15)14-6-4-13(5-7-14)17-10-2-8-16-9-12-17/h4-7,16H,1-3,8-12H2. The van der Waals surface area contributed by atoms with Gasteiger partial charge in [-0.2, -0.15) is 0 Å². The van der Waals surface area contributed by atoms with Crippen LogP contribution in [0.1, 0.15) is 19.3 Å². The molecule has 4 heteroatoms. The summed E-state index contributed by atoms with van der Waals surface area (Å²) in [5, 5.41) is 3.41. The molecule has 19 heavy (non-hydrogen) atoms. The molecule has 1 amide bonds. The lowest BCUT2D eigenvalue weighted by atomic mass is 10.2. The minimum absolute atomic E-state index is 0.256. The second-order valence-corrected chi connectivity index (χ2v) is 5.26. The predicted molar refractivity (Wildman–Crippen MR) is 77.7 cm³/mol. The summed E-state index contributed by atoms with van der Waals surface area (Å²) in [5.74, 6) is 0.256. The molecule has 0 aromatic heterocycles. The average Bonchev–Trinajstić information content (AvgIpc) is 2.71. The van der Waals surface area contributed by atoms with Gasteiger partial charge in [-0.25, -0.2) is 0 Å². The third kappa shape index (κ3) is 2.73. The Labute approximate surface area is 114 Å². The van der Waals surface area contributed by atoms with Gasteiger partial charge in [-0.15, -0.1) is 0 Å². The summed E-state index contributed by atoms with van der Waals surface area (Å²) < 4.78 is 0. The van der Waals surface area contributed by atoms with Crippen LogP contribution < -0.4 is 15.1 Å². The maximum atomic E-state index is 11.7. The lowest BCUT2D eigenvalue weighted by molar-refractivity contribution is -0.117. The Morgan fingerprint density at radius 3 is 2.42 bits per heavy atom. The number of carbonyl (C=O) groups is 1. The number of anilines is 2. The molecular weight excluding hydrogens is 238 g/mol. The molecule has 102 valence electrons. The number of hydrogen-bond acceptors (Lipinski definition) is 3. The number of hydrogen-bond donors (Lipinski definition) is 1. The van der Waals surface area contributed by atoms with Crippen molar-refractivity contribution in [2.24, 2.45) is 0 Å². The molecule has 2 heterocycles. The van der Waals surface area contributed by atoms with Gasteiger partial charge < -0.3 is 15.1 Å². The summed E-state index contributed by atoms with van der Waals surface area (Å²) in [6, 6.07) is 8.45. The first-order valence-corrected chi connectivity index (χ1v) is 7.21. The highest BCUT2D eigenvalue weighted by molar-refractivity contribution is 5.95.